The normalized spacial score (nSPS) is 9.85. The second kappa shape index (κ2) is 4.58. The molecular formula is C9H11Cl2NO. The molecule has 72 valence electrons. The van der Waals surface area contributed by atoms with Crippen LogP contribution >= 0.6 is 23.2 Å². The van der Waals surface area contributed by atoms with Crippen molar-refractivity contribution in [1.82, 2.24) is 0 Å². The lowest BCUT2D eigenvalue weighted by Crippen LogP contribution is -1.98. The molecule has 0 saturated heterocycles. The molecule has 0 aliphatic heterocycles. The van der Waals surface area contributed by atoms with Crippen LogP contribution in [0.25, 0.3) is 0 Å². The molecule has 0 aliphatic rings. The highest BCUT2D eigenvalue weighted by atomic mass is 35.5. The summed E-state index contributed by atoms with van der Waals surface area (Å²) in [4.78, 5) is 0. The predicted octanol–water partition coefficient (Wildman–Crippen LogP) is 3.27. The molecule has 0 heterocycles. The van der Waals surface area contributed by atoms with Gasteiger partial charge < -0.3 is 10.1 Å². The molecule has 1 aromatic carbocycles. The van der Waals surface area contributed by atoms with Gasteiger partial charge in [-0.2, -0.15) is 0 Å². The number of alkyl halides is 1. The van der Waals surface area contributed by atoms with Crippen molar-refractivity contribution in [2.75, 3.05) is 18.4 Å². The summed E-state index contributed by atoms with van der Waals surface area (Å²) < 4.78 is 5.15. The maximum Gasteiger partial charge on any atom is 0.142 e. The number of hydrogen-bond donors (Lipinski definition) is 1. The van der Waals surface area contributed by atoms with Crippen molar-refractivity contribution < 1.29 is 4.74 Å². The molecule has 0 spiro atoms. The van der Waals surface area contributed by atoms with Gasteiger partial charge in [0.25, 0.3) is 0 Å². The highest BCUT2D eigenvalue weighted by Gasteiger charge is 2.05. The third-order valence-corrected chi connectivity index (χ3v) is 2.28. The Hall–Kier alpha value is -0.600. The largest absolute Gasteiger partial charge is 0.495 e. The first-order chi connectivity index (χ1) is 6.19. The van der Waals surface area contributed by atoms with Gasteiger partial charge in [0.1, 0.15) is 5.75 Å². The molecule has 1 aromatic rings. The molecule has 0 aliphatic carbocycles. The number of aryl methyl sites for hydroxylation is 1. The van der Waals surface area contributed by atoms with Crippen LogP contribution in [0, 0.1) is 6.92 Å². The third-order valence-electron chi connectivity index (χ3n) is 1.74. The fraction of sp³-hybridized carbons (Fsp3) is 0.333. The van der Waals surface area contributed by atoms with E-state index in [-0.39, 0.29) is 0 Å². The summed E-state index contributed by atoms with van der Waals surface area (Å²) in [7, 11) is 1.61. The quantitative estimate of drug-likeness (QED) is 0.623. The average molecular weight is 220 g/mol. The monoisotopic (exact) mass is 219 g/mol. The smallest absolute Gasteiger partial charge is 0.142 e. The van der Waals surface area contributed by atoms with Crippen LogP contribution in [0.4, 0.5) is 5.69 Å². The van der Waals surface area contributed by atoms with E-state index in [9.17, 15) is 0 Å². The van der Waals surface area contributed by atoms with Crippen LogP contribution < -0.4 is 10.1 Å². The molecule has 0 radical (unpaired) electrons. The number of ether oxygens (including phenoxy) is 1. The Morgan fingerprint density at radius 1 is 1.46 bits per heavy atom. The maximum atomic E-state index is 5.94. The zero-order valence-corrected chi connectivity index (χ0v) is 9.04. The fourth-order valence-electron chi connectivity index (χ4n) is 1.03. The van der Waals surface area contributed by atoms with Gasteiger partial charge in [0, 0.05) is 5.02 Å². The first kappa shape index (κ1) is 10.5. The fourth-order valence-corrected chi connectivity index (χ4v) is 1.34. The third kappa shape index (κ3) is 2.42. The van der Waals surface area contributed by atoms with Crippen LogP contribution in [-0.4, -0.2) is 13.1 Å². The summed E-state index contributed by atoms with van der Waals surface area (Å²) in [5.74, 6) is 0.752. The molecule has 0 aromatic heterocycles. The van der Waals surface area contributed by atoms with E-state index < -0.39 is 0 Å². The van der Waals surface area contributed by atoms with Gasteiger partial charge in [0.2, 0.25) is 0 Å². The minimum atomic E-state index is 0.329. The van der Waals surface area contributed by atoms with Crippen LogP contribution in [0.1, 0.15) is 5.56 Å². The van der Waals surface area contributed by atoms with Gasteiger partial charge in [0.05, 0.1) is 18.8 Å². The molecule has 0 atom stereocenters. The van der Waals surface area contributed by atoms with Crippen LogP contribution in [0.3, 0.4) is 0 Å². The van der Waals surface area contributed by atoms with Gasteiger partial charge in [0.15, 0.2) is 0 Å². The Labute approximate surface area is 87.8 Å². The van der Waals surface area contributed by atoms with Gasteiger partial charge >= 0.3 is 0 Å². The number of rotatable bonds is 3. The Bertz CT molecular complexity index is 302. The van der Waals surface area contributed by atoms with E-state index in [0.29, 0.717) is 11.0 Å². The lowest BCUT2D eigenvalue weighted by atomic mass is 10.2. The summed E-state index contributed by atoms with van der Waals surface area (Å²) in [5, 5.41) is 3.65. The molecule has 4 heteroatoms. The van der Waals surface area contributed by atoms with Crippen molar-refractivity contribution in [3.63, 3.8) is 0 Å². The van der Waals surface area contributed by atoms with E-state index in [1.807, 2.05) is 13.0 Å². The number of methoxy groups -OCH3 is 1. The van der Waals surface area contributed by atoms with Crippen LogP contribution in [0.15, 0.2) is 12.1 Å². The Balaban J connectivity index is 3.09. The first-order valence-electron chi connectivity index (χ1n) is 3.83. The molecule has 0 unspecified atom stereocenters. The second-order valence-electron chi connectivity index (χ2n) is 2.61. The van der Waals surface area contributed by atoms with E-state index in [0.717, 1.165) is 17.0 Å². The van der Waals surface area contributed by atoms with E-state index in [1.54, 1.807) is 13.2 Å². The highest BCUT2D eigenvalue weighted by Crippen LogP contribution is 2.30. The van der Waals surface area contributed by atoms with E-state index in [1.165, 1.54) is 0 Å². The van der Waals surface area contributed by atoms with Gasteiger partial charge in [-0.05, 0) is 24.6 Å². The zero-order valence-electron chi connectivity index (χ0n) is 7.53. The minimum Gasteiger partial charge on any atom is -0.495 e. The van der Waals surface area contributed by atoms with E-state index in [4.69, 9.17) is 27.9 Å². The molecule has 1 N–H and O–H groups in total. The Morgan fingerprint density at radius 2 is 2.15 bits per heavy atom. The summed E-state index contributed by atoms with van der Waals surface area (Å²) in [5.41, 5.74) is 1.80. The van der Waals surface area contributed by atoms with Gasteiger partial charge in [-0.3, -0.25) is 0 Å². The van der Waals surface area contributed by atoms with Crippen molar-refractivity contribution in [2.45, 2.75) is 6.92 Å². The summed E-state index contributed by atoms with van der Waals surface area (Å²) in [6.45, 7) is 1.93. The molecular weight excluding hydrogens is 209 g/mol. The number of halogens is 2. The number of benzene rings is 1. The molecule has 0 bridgehead atoms. The average Bonchev–Trinajstić information content (AvgIpc) is 2.11. The number of anilines is 1. The second-order valence-corrected chi connectivity index (χ2v) is 3.29. The van der Waals surface area contributed by atoms with Gasteiger partial charge in [-0.15, -0.1) is 11.6 Å². The zero-order chi connectivity index (χ0) is 9.84. The van der Waals surface area contributed by atoms with Crippen molar-refractivity contribution in [3.05, 3.63) is 22.7 Å². The molecule has 0 saturated carbocycles. The van der Waals surface area contributed by atoms with Gasteiger partial charge in [-0.1, -0.05) is 11.6 Å². The number of hydrogen-bond acceptors (Lipinski definition) is 2. The molecule has 1 rings (SSSR count). The van der Waals surface area contributed by atoms with Crippen molar-refractivity contribution >= 4 is 28.9 Å². The van der Waals surface area contributed by atoms with Crippen LogP contribution in [0.2, 0.25) is 5.02 Å². The Kier molecular flexibility index (Phi) is 3.70. The van der Waals surface area contributed by atoms with E-state index >= 15 is 0 Å². The topological polar surface area (TPSA) is 21.3 Å². The first-order valence-corrected chi connectivity index (χ1v) is 4.74. The molecule has 0 fully saturated rings. The van der Waals surface area contributed by atoms with Crippen LogP contribution in [0.5, 0.6) is 5.75 Å². The maximum absolute atomic E-state index is 5.94. The number of nitrogens with one attached hydrogen (secondary N) is 1. The molecule has 13 heavy (non-hydrogen) atoms. The minimum absolute atomic E-state index is 0.329. The van der Waals surface area contributed by atoms with Gasteiger partial charge in [-0.25, -0.2) is 0 Å². The van der Waals surface area contributed by atoms with Crippen molar-refractivity contribution in [2.24, 2.45) is 0 Å². The SMILES string of the molecule is COc1cc(C)c(Cl)cc1NCCl. The highest BCUT2D eigenvalue weighted by molar-refractivity contribution is 6.31. The predicted molar refractivity (Wildman–Crippen MR) is 57.1 cm³/mol. The van der Waals surface area contributed by atoms with Crippen molar-refractivity contribution in [1.29, 1.82) is 0 Å². The lowest BCUT2D eigenvalue weighted by Gasteiger charge is -2.10. The van der Waals surface area contributed by atoms with Crippen molar-refractivity contribution in [3.8, 4) is 5.75 Å². The summed E-state index contributed by atoms with van der Waals surface area (Å²) >= 11 is 11.5. The Morgan fingerprint density at radius 3 is 2.69 bits per heavy atom. The van der Waals surface area contributed by atoms with Crippen LogP contribution in [-0.2, 0) is 0 Å². The summed E-state index contributed by atoms with van der Waals surface area (Å²) in [6.07, 6.45) is 0. The lowest BCUT2D eigenvalue weighted by molar-refractivity contribution is 0.416. The van der Waals surface area contributed by atoms with E-state index in [2.05, 4.69) is 5.32 Å². The molecule has 0 amide bonds. The summed E-state index contributed by atoms with van der Waals surface area (Å²) in [6, 6.07) is 4.01. The molecule has 2 nitrogen and oxygen atoms in total. The standard InChI is InChI=1S/C9H11Cl2NO/c1-6-3-9(13-2)8(12-5-10)4-7(6)11/h3-4,12H,5H2,1-2H3.